The van der Waals surface area contributed by atoms with E-state index in [2.05, 4.69) is 19.2 Å². The molecule has 1 heteroatoms. The van der Waals surface area contributed by atoms with Crippen molar-refractivity contribution < 1.29 is 0 Å². The largest absolute Gasteiger partial charge is 0.314 e. The van der Waals surface area contributed by atoms with Crippen molar-refractivity contribution in [3.8, 4) is 0 Å². The number of fused-ring (bicyclic) bond motifs is 2. The number of hydrogen-bond acceptors (Lipinski definition) is 1. The number of rotatable bonds is 1. The van der Waals surface area contributed by atoms with Crippen molar-refractivity contribution in [3.63, 3.8) is 0 Å². The highest BCUT2D eigenvalue weighted by molar-refractivity contribution is 4.94. The van der Waals surface area contributed by atoms with Crippen molar-refractivity contribution in [1.29, 1.82) is 0 Å². The third kappa shape index (κ3) is 1.20. The molecule has 0 radical (unpaired) electrons. The maximum absolute atomic E-state index is 3.64. The Kier molecular flexibility index (Phi) is 1.92. The first-order valence-corrected chi connectivity index (χ1v) is 5.02. The highest BCUT2D eigenvalue weighted by Crippen LogP contribution is 2.41. The van der Waals surface area contributed by atoms with Gasteiger partial charge in [0.15, 0.2) is 0 Å². The quantitative estimate of drug-likeness (QED) is 0.608. The van der Waals surface area contributed by atoms with Gasteiger partial charge in [0.1, 0.15) is 0 Å². The van der Waals surface area contributed by atoms with Crippen molar-refractivity contribution >= 4 is 0 Å². The molecule has 0 amide bonds. The minimum absolute atomic E-state index is 0.869. The fraction of sp³-hybridized carbons (Fsp3) is 1.00. The lowest BCUT2D eigenvalue weighted by atomic mass is 9.80. The zero-order valence-electron chi connectivity index (χ0n) is 7.64. The standard InChI is InChI=1S/C10H19N/c1-7(2)10-8-3-4-9(10)11-6-5-8/h7-11H,3-6H2,1-2H3. The van der Waals surface area contributed by atoms with Crippen LogP contribution in [0.2, 0.25) is 0 Å². The normalized spacial score (nSPS) is 43.4. The molecular weight excluding hydrogens is 134 g/mol. The van der Waals surface area contributed by atoms with Crippen LogP contribution in [0.5, 0.6) is 0 Å². The average Bonchev–Trinajstić information content (AvgIpc) is 2.23. The molecular formula is C10H19N. The Morgan fingerprint density at radius 2 is 2.00 bits per heavy atom. The van der Waals surface area contributed by atoms with Gasteiger partial charge in [0.2, 0.25) is 0 Å². The molecule has 2 aliphatic rings. The van der Waals surface area contributed by atoms with Crippen LogP contribution in [-0.4, -0.2) is 12.6 Å². The summed E-state index contributed by atoms with van der Waals surface area (Å²) in [6, 6.07) is 0.869. The van der Waals surface area contributed by atoms with Gasteiger partial charge in [0, 0.05) is 6.04 Å². The van der Waals surface area contributed by atoms with Gasteiger partial charge in [-0.2, -0.15) is 0 Å². The fourth-order valence-electron chi connectivity index (χ4n) is 3.15. The first-order valence-electron chi connectivity index (χ1n) is 5.02. The van der Waals surface area contributed by atoms with Crippen molar-refractivity contribution in [2.75, 3.05) is 6.54 Å². The predicted octanol–water partition coefficient (Wildman–Crippen LogP) is 2.03. The Hall–Kier alpha value is -0.0400. The predicted molar refractivity (Wildman–Crippen MR) is 47.5 cm³/mol. The topological polar surface area (TPSA) is 12.0 Å². The Morgan fingerprint density at radius 3 is 2.55 bits per heavy atom. The molecule has 64 valence electrons. The second-order valence-corrected chi connectivity index (χ2v) is 4.51. The summed E-state index contributed by atoms with van der Waals surface area (Å²) in [4.78, 5) is 0. The van der Waals surface area contributed by atoms with Gasteiger partial charge in [-0.05, 0) is 43.6 Å². The lowest BCUT2D eigenvalue weighted by molar-refractivity contribution is 0.199. The number of piperidine rings is 1. The van der Waals surface area contributed by atoms with Crippen LogP contribution in [-0.2, 0) is 0 Å². The van der Waals surface area contributed by atoms with Crippen molar-refractivity contribution in [2.45, 2.75) is 39.2 Å². The van der Waals surface area contributed by atoms with Crippen LogP contribution in [0.4, 0.5) is 0 Å². The van der Waals surface area contributed by atoms with E-state index < -0.39 is 0 Å². The Balaban J connectivity index is 2.09. The third-order valence-corrected chi connectivity index (χ3v) is 3.55. The molecule has 1 aliphatic carbocycles. The van der Waals surface area contributed by atoms with Gasteiger partial charge in [-0.25, -0.2) is 0 Å². The van der Waals surface area contributed by atoms with Crippen LogP contribution in [0.15, 0.2) is 0 Å². The van der Waals surface area contributed by atoms with Crippen LogP contribution < -0.4 is 5.32 Å². The molecule has 0 aromatic rings. The summed E-state index contributed by atoms with van der Waals surface area (Å²) < 4.78 is 0. The molecule has 2 fully saturated rings. The van der Waals surface area contributed by atoms with Crippen molar-refractivity contribution in [2.24, 2.45) is 17.8 Å². The smallest absolute Gasteiger partial charge is 0.0100 e. The number of hydrogen-bond donors (Lipinski definition) is 1. The summed E-state index contributed by atoms with van der Waals surface area (Å²) >= 11 is 0. The molecule has 0 aromatic carbocycles. The van der Waals surface area contributed by atoms with Gasteiger partial charge in [0.25, 0.3) is 0 Å². The van der Waals surface area contributed by atoms with E-state index >= 15 is 0 Å². The van der Waals surface area contributed by atoms with Gasteiger partial charge in [-0.3, -0.25) is 0 Å². The van der Waals surface area contributed by atoms with Crippen LogP contribution in [0, 0.1) is 17.8 Å². The molecule has 11 heavy (non-hydrogen) atoms. The Labute approximate surface area is 69.6 Å². The molecule has 2 bridgehead atoms. The van der Waals surface area contributed by atoms with E-state index in [1.165, 1.54) is 25.8 Å². The van der Waals surface area contributed by atoms with Crippen molar-refractivity contribution in [3.05, 3.63) is 0 Å². The lowest BCUT2D eigenvalue weighted by Crippen LogP contribution is -2.42. The van der Waals surface area contributed by atoms with E-state index in [0.29, 0.717) is 0 Å². The van der Waals surface area contributed by atoms with Crippen molar-refractivity contribution in [1.82, 2.24) is 5.32 Å². The number of nitrogens with one attached hydrogen (secondary N) is 1. The highest BCUT2D eigenvalue weighted by Gasteiger charge is 2.39. The van der Waals surface area contributed by atoms with E-state index in [-0.39, 0.29) is 0 Å². The van der Waals surface area contributed by atoms with E-state index in [1.54, 1.807) is 0 Å². The third-order valence-electron chi connectivity index (χ3n) is 3.55. The second-order valence-electron chi connectivity index (χ2n) is 4.51. The molecule has 1 saturated heterocycles. The van der Waals surface area contributed by atoms with Crippen LogP contribution >= 0.6 is 0 Å². The van der Waals surface area contributed by atoms with Crippen LogP contribution in [0.25, 0.3) is 0 Å². The van der Waals surface area contributed by atoms with Gasteiger partial charge in [-0.15, -0.1) is 0 Å². The summed E-state index contributed by atoms with van der Waals surface area (Å²) in [5.41, 5.74) is 0. The average molecular weight is 153 g/mol. The fourth-order valence-corrected chi connectivity index (χ4v) is 3.15. The van der Waals surface area contributed by atoms with E-state index in [0.717, 1.165) is 23.8 Å². The zero-order valence-corrected chi connectivity index (χ0v) is 7.64. The second kappa shape index (κ2) is 2.78. The SMILES string of the molecule is CC(C)C1C2CCNC1CC2. The summed E-state index contributed by atoms with van der Waals surface area (Å²) in [6.07, 6.45) is 4.35. The maximum Gasteiger partial charge on any atom is 0.0100 e. The molecule has 3 atom stereocenters. The van der Waals surface area contributed by atoms with Gasteiger partial charge in [-0.1, -0.05) is 13.8 Å². The molecule has 1 nitrogen and oxygen atoms in total. The summed E-state index contributed by atoms with van der Waals surface area (Å²) in [6.45, 7) is 6.03. The Morgan fingerprint density at radius 1 is 1.18 bits per heavy atom. The minimum Gasteiger partial charge on any atom is -0.314 e. The first-order chi connectivity index (χ1) is 5.29. The summed E-state index contributed by atoms with van der Waals surface area (Å²) in [5, 5.41) is 3.64. The molecule has 0 aromatic heterocycles. The molecule has 1 heterocycles. The summed E-state index contributed by atoms with van der Waals surface area (Å²) in [5.74, 6) is 2.94. The molecule has 0 spiro atoms. The van der Waals surface area contributed by atoms with E-state index in [1.807, 2.05) is 0 Å². The van der Waals surface area contributed by atoms with Crippen LogP contribution in [0.3, 0.4) is 0 Å². The molecule has 1 saturated carbocycles. The van der Waals surface area contributed by atoms with Gasteiger partial charge in [0.05, 0.1) is 0 Å². The Bertz CT molecular complexity index is 126. The molecule has 1 aliphatic heterocycles. The van der Waals surface area contributed by atoms with Gasteiger partial charge < -0.3 is 5.32 Å². The minimum atomic E-state index is 0.869. The van der Waals surface area contributed by atoms with Gasteiger partial charge >= 0.3 is 0 Å². The van der Waals surface area contributed by atoms with E-state index in [9.17, 15) is 0 Å². The zero-order chi connectivity index (χ0) is 7.84. The molecule has 2 rings (SSSR count). The monoisotopic (exact) mass is 153 g/mol. The molecule has 3 unspecified atom stereocenters. The van der Waals surface area contributed by atoms with E-state index in [4.69, 9.17) is 0 Å². The summed E-state index contributed by atoms with van der Waals surface area (Å²) in [7, 11) is 0. The first kappa shape index (κ1) is 7.60. The highest BCUT2D eigenvalue weighted by atomic mass is 14.9. The lowest BCUT2D eigenvalue weighted by Gasteiger charge is -2.33. The molecule has 1 N–H and O–H groups in total. The van der Waals surface area contributed by atoms with Crippen LogP contribution in [0.1, 0.15) is 33.1 Å². The maximum atomic E-state index is 3.64.